The fourth-order valence-corrected chi connectivity index (χ4v) is 2.47. The minimum atomic E-state index is -4.72. The zero-order valence-electron chi connectivity index (χ0n) is 14.0. The van der Waals surface area contributed by atoms with Crippen LogP contribution in [-0.4, -0.2) is 38.5 Å². The zero-order chi connectivity index (χ0) is 19.3. The molecule has 9 heteroatoms. The molecule has 0 aliphatic heterocycles. The molecule has 2 rings (SSSR count). The van der Waals surface area contributed by atoms with Crippen molar-refractivity contribution in [1.29, 1.82) is 0 Å². The molecule has 6 nitrogen and oxygen atoms in total. The van der Waals surface area contributed by atoms with Crippen molar-refractivity contribution >= 4 is 5.91 Å². The van der Waals surface area contributed by atoms with Crippen molar-refractivity contribution in [3.05, 3.63) is 63.8 Å². The molecule has 1 atom stereocenters. The number of nitrogens with zero attached hydrogens (tertiary/aromatic N) is 2. The van der Waals surface area contributed by atoms with Gasteiger partial charge in [-0.1, -0.05) is 13.0 Å². The molecule has 2 heterocycles. The Hall–Kier alpha value is -2.68. The van der Waals surface area contributed by atoms with Crippen LogP contribution in [0.4, 0.5) is 13.2 Å². The number of carbonyl (C=O) groups is 1. The summed E-state index contributed by atoms with van der Waals surface area (Å²) in [4.78, 5) is 31.7. The summed E-state index contributed by atoms with van der Waals surface area (Å²) < 4.78 is 38.0. The van der Waals surface area contributed by atoms with Gasteiger partial charge in [-0.25, -0.2) is 0 Å². The predicted octanol–water partition coefficient (Wildman–Crippen LogP) is 2.20. The predicted molar refractivity (Wildman–Crippen MR) is 87.3 cm³/mol. The molecule has 2 N–H and O–H groups in total. The Labute approximate surface area is 147 Å². The number of H-pyrrole nitrogens is 1. The van der Waals surface area contributed by atoms with Crippen LogP contribution in [0.1, 0.15) is 35.0 Å². The number of aliphatic hydroxyl groups is 1. The van der Waals surface area contributed by atoms with E-state index in [4.69, 9.17) is 0 Å². The number of nitrogens with one attached hydrogen (secondary N) is 1. The van der Waals surface area contributed by atoms with Gasteiger partial charge < -0.3 is 15.0 Å². The fourth-order valence-electron chi connectivity index (χ4n) is 2.47. The van der Waals surface area contributed by atoms with Crippen LogP contribution in [0.2, 0.25) is 0 Å². The molecule has 0 aliphatic rings. The van der Waals surface area contributed by atoms with Crippen molar-refractivity contribution in [2.75, 3.05) is 6.61 Å². The molecule has 0 radical (unpaired) electrons. The van der Waals surface area contributed by atoms with E-state index in [0.717, 1.165) is 6.07 Å². The Balaban J connectivity index is 2.38. The maximum absolute atomic E-state index is 12.8. The van der Waals surface area contributed by atoms with Crippen LogP contribution >= 0.6 is 0 Å². The number of hydrogen-bond acceptors (Lipinski definition) is 4. The van der Waals surface area contributed by atoms with Crippen LogP contribution in [0.3, 0.4) is 0 Å². The number of amides is 1. The van der Waals surface area contributed by atoms with Gasteiger partial charge in [0.25, 0.3) is 11.5 Å². The first-order valence-electron chi connectivity index (χ1n) is 7.89. The number of pyridine rings is 2. The van der Waals surface area contributed by atoms with Gasteiger partial charge >= 0.3 is 6.18 Å². The molecule has 0 saturated carbocycles. The molecular weight excluding hydrogens is 351 g/mol. The summed E-state index contributed by atoms with van der Waals surface area (Å²) in [6.07, 6.45) is -1.23. The molecule has 0 saturated heterocycles. The van der Waals surface area contributed by atoms with E-state index in [9.17, 15) is 27.9 Å². The van der Waals surface area contributed by atoms with Crippen molar-refractivity contribution in [3.63, 3.8) is 0 Å². The summed E-state index contributed by atoms with van der Waals surface area (Å²) in [7, 11) is 0. The van der Waals surface area contributed by atoms with Gasteiger partial charge in [0.1, 0.15) is 11.3 Å². The lowest BCUT2D eigenvalue weighted by Gasteiger charge is -2.30. The Morgan fingerprint density at radius 2 is 2.08 bits per heavy atom. The highest BCUT2D eigenvalue weighted by molar-refractivity contribution is 5.94. The highest BCUT2D eigenvalue weighted by atomic mass is 19.4. The number of alkyl halides is 3. The van der Waals surface area contributed by atoms with E-state index in [1.54, 1.807) is 30.2 Å². The van der Waals surface area contributed by atoms with Crippen molar-refractivity contribution < 1.29 is 23.1 Å². The first kappa shape index (κ1) is 19.6. The van der Waals surface area contributed by atoms with Gasteiger partial charge in [-0.05, 0) is 30.2 Å². The number of rotatable bonds is 6. The van der Waals surface area contributed by atoms with Crippen molar-refractivity contribution in [2.24, 2.45) is 0 Å². The first-order chi connectivity index (χ1) is 12.3. The second kappa shape index (κ2) is 8.13. The molecule has 140 valence electrons. The van der Waals surface area contributed by atoms with E-state index >= 15 is 0 Å². The topological polar surface area (TPSA) is 86.3 Å². The Kier molecular flexibility index (Phi) is 6.14. The third kappa shape index (κ3) is 4.48. The number of aromatic nitrogens is 2. The monoisotopic (exact) mass is 369 g/mol. The normalized spacial score (nSPS) is 12.7. The molecular formula is C17H18F3N3O3. The summed E-state index contributed by atoms with van der Waals surface area (Å²) in [5.74, 6) is -0.760. The van der Waals surface area contributed by atoms with E-state index in [1.807, 2.05) is 0 Å². The van der Waals surface area contributed by atoms with E-state index in [0.29, 0.717) is 18.1 Å². The van der Waals surface area contributed by atoms with Crippen LogP contribution in [0.5, 0.6) is 0 Å². The number of aromatic amines is 1. The summed E-state index contributed by atoms with van der Waals surface area (Å²) >= 11 is 0. The maximum Gasteiger partial charge on any atom is 0.431 e. The minimum absolute atomic E-state index is 0.0617. The van der Waals surface area contributed by atoms with E-state index in [1.165, 1.54) is 11.1 Å². The molecule has 2 aromatic rings. The molecule has 26 heavy (non-hydrogen) atoms. The van der Waals surface area contributed by atoms with Gasteiger partial charge in [-0.2, -0.15) is 13.2 Å². The molecule has 0 aromatic carbocycles. The molecule has 0 fully saturated rings. The largest absolute Gasteiger partial charge is 0.431 e. The molecule has 0 spiro atoms. The van der Waals surface area contributed by atoms with Crippen LogP contribution in [0, 0.1) is 0 Å². The van der Waals surface area contributed by atoms with Gasteiger partial charge in [0.2, 0.25) is 0 Å². The number of halogens is 3. The minimum Gasteiger partial charge on any atom is -0.394 e. The molecule has 2 aromatic heterocycles. The lowest BCUT2D eigenvalue weighted by molar-refractivity contribution is -0.141. The quantitative estimate of drug-likeness (QED) is 0.817. The van der Waals surface area contributed by atoms with Crippen molar-refractivity contribution in [2.45, 2.75) is 32.1 Å². The smallest absolute Gasteiger partial charge is 0.394 e. The van der Waals surface area contributed by atoms with Crippen molar-refractivity contribution in [1.82, 2.24) is 14.9 Å². The summed E-state index contributed by atoms with van der Waals surface area (Å²) in [5.41, 5.74) is -2.12. The van der Waals surface area contributed by atoms with Crippen LogP contribution in [0.15, 0.2) is 41.5 Å². The average molecular weight is 369 g/mol. The number of aliphatic hydroxyl groups excluding tert-OH is 1. The van der Waals surface area contributed by atoms with E-state index in [-0.39, 0.29) is 13.2 Å². The van der Waals surface area contributed by atoms with Crippen LogP contribution < -0.4 is 5.56 Å². The molecule has 0 unspecified atom stereocenters. The molecule has 1 amide bonds. The average Bonchev–Trinajstić information content (AvgIpc) is 2.61. The summed E-state index contributed by atoms with van der Waals surface area (Å²) in [6.45, 7) is 1.47. The van der Waals surface area contributed by atoms with Gasteiger partial charge in [0, 0.05) is 18.9 Å². The standard InChI is InChI=1S/C17H18F3N3O3/c1-2-12(10-24)23(9-11-4-3-7-21-8-11)16(26)13-5-6-14(17(18,19)20)22-15(13)25/h3-8,12,24H,2,9-10H2,1H3,(H,22,25)/t12-/m1/s1. The van der Waals surface area contributed by atoms with Crippen LogP contribution in [0.25, 0.3) is 0 Å². The zero-order valence-corrected chi connectivity index (χ0v) is 14.0. The highest BCUT2D eigenvalue weighted by Gasteiger charge is 2.33. The van der Waals surface area contributed by atoms with Gasteiger partial charge in [-0.15, -0.1) is 0 Å². The SMILES string of the molecule is CC[C@H](CO)N(Cc1cccnc1)C(=O)c1ccc(C(F)(F)F)[nH]c1=O. The van der Waals surface area contributed by atoms with Gasteiger partial charge in [0.15, 0.2) is 0 Å². The van der Waals surface area contributed by atoms with Gasteiger partial charge in [0.05, 0.1) is 12.6 Å². The lowest BCUT2D eigenvalue weighted by atomic mass is 10.1. The number of hydrogen-bond donors (Lipinski definition) is 2. The second-order valence-electron chi connectivity index (χ2n) is 5.65. The van der Waals surface area contributed by atoms with Gasteiger partial charge in [-0.3, -0.25) is 14.6 Å². The second-order valence-corrected chi connectivity index (χ2v) is 5.65. The Morgan fingerprint density at radius 1 is 1.35 bits per heavy atom. The first-order valence-corrected chi connectivity index (χ1v) is 7.89. The Bertz CT molecular complexity index is 802. The molecule has 0 aliphatic carbocycles. The molecule has 0 bridgehead atoms. The third-order valence-electron chi connectivity index (χ3n) is 3.90. The van der Waals surface area contributed by atoms with Crippen LogP contribution in [-0.2, 0) is 12.7 Å². The lowest BCUT2D eigenvalue weighted by Crippen LogP contribution is -2.43. The summed E-state index contributed by atoms with van der Waals surface area (Å²) in [6, 6.07) is 4.29. The Morgan fingerprint density at radius 3 is 2.58 bits per heavy atom. The maximum atomic E-state index is 12.8. The third-order valence-corrected chi connectivity index (χ3v) is 3.90. The van der Waals surface area contributed by atoms with Crippen molar-refractivity contribution in [3.8, 4) is 0 Å². The van der Waals surface area contributed by atoms with E-state index < -0.39 is 34.9 Å². The summed E-state index contributed by atoms with van der Waals surface area (Å²) in [5, 5.41) is 9.55. The fraction of sp³-hybridized carbons (Fsp3) is 0.353. The number of carbonyl (C=O) groups excluding carboxylic acids is 1. The highest BCUT2D eigenvalue weighted by Crippen LogP contribution is 2.26. The van der Waals surface area contributed by atoms with E-state index in [2.05, 4.69) is 4.98 Å².